The fourth-order valence-electron chi connectivity index (χ4n) is 3.96. The number of rotatable bonds is 4. The molecule has 0 aliphatic carbocycles. The maximum absolute atomic E-state index is 13.2. The molecule has 2 aromatic carbocycles. The lowest BCUT2D eigenvalue weighted by atomic mass is 10.2. The molecule has 0 unspecified atom stereocenters. The van der Waals surface area contributed by atoms with Crippen LogP contribution in [0, 0.1) is 0 Å². The van der Waals surface area contributed by atoms with Gasteiger partial charge < -0.3 is 9.80 Å². The molecule has 1 aliphatic rings. The Labute approximate surface area is 195 Å². The summed E-state index contributed by atoms with van der Waals surface area (Å²) in [5.41, 5.74) is 2.26. The Morgan fingerprint density at radius 1 is 0.848 bits per heavy atom. The summed E-state index contributed by atoms with van der Waals surface area (Å²) in [4.78, 5) is 33.9. The van der Waals surface area contributed by atoms with Crippen molar-refractivity contribution < 1.29 is 4.79 Å². The van der Waals surface area contributed by atoms with Crippen LogP contribution in [0.25, 0.3) is 11.4 Å². The quantitative estimate of drug-likeness (QED) is 0.468. The average molecular weight is 461 g/mol. The third-order valence-electron chi connectivity index (χ3n) is 5.70. The van der Waals surface area contributed by atoms with Crippen LogP contribution in [0.15, 0.2) is 84.2 Å². The van der Waals surface area contributed by atoms with E-state index in [-0.39, 0.29) is 16.5 Å². The molecule has 1 saturated heterocycles. The van der Waals surface area contributed by atoms with Crippen molar-refractivity contribution in [2.24, 2.45) is 0 Å². The van der Waals surface area contributed by atoms with E-state index in [9.17, 15) is 9.59 Å². The fraction of sp³-hybridized carbons (Fsp3) is 0.167. The Kier molecular flexibility index (Phi) is 5.66. The zero-order valence-corrected chi connectivity index (χ0v) is 18.5. The lowest BCUT2D eigenvalue weighted by Gasteiger charge is -2.36. The van der Waals surface area contributed by atoms with Gasteiger partial charge in [0.1, 0.15) is 10.7 Å². The van der Waals surface area contributed by atoms with Crippen molar-refractivity contribution >= 4 is 23.2 Å². The summed E-state index contributed by atoms with van der Waals surface area (Å²) in [6.07, 6.45) is 4.84. The van der Waals surface area contributed by atoms with E-state index in [4.69, 9.17) is 11.6 Å². The Morgan fingerprint density at radius 3 is 2.15 bits per heavy atom. The highest BCUT2D eigenvalue weighted by molar-refractivity contribution is 6.33. The van der Waals surface area contributed by atoms with Crippen LogP contribution < -0.4 is 10.5 Å². The number of imidazole rings is 1. The van der Waals surface area contributed by atoms with Gasteiger partial charge in [-0.3, -0.25) is 14.2 Å². The molecule has 3 heterocycles. The van der Waals surface area contributed by atoms with E-state index in [2.05, 4.69) is 10.1 Å². The molecule has 1 aliphatic heterocycles. The normalized spacial score (nSPS) is 13.8. The molecule has 2 aromatic heterocycles. The number of anilines is 1. The highest BCUT2D eigenvalue weighted by Crippen LogP contribution is 2.24. The molecule has 9 heteroatoms. The van der Waals surface area contributed by atoms with Gasteiger partial charge in [0.2, 0.25) is 0 Å². The number of halogens is 1. The molecule has 0 N–H and O–H groups in total. The summed E-state index contributed by atoms with van der Waals surface area (Å²) >= 11 is 6.44. The van der Waals surface area contributed by atoms with E-state index in [0.717, 1.165) is 5.69 Å². The highest BCUT2D eigenvalue weighted by Gasteiger charge is 2.26. The van der Waals surface area contributed by atoms with Gasteiger partial charge in [0.25, 0.3) is 11.5 Å². The molecule has 1 amide bonds. The number of hydrogen-bond donors (Lipinski definition) is 0. The van der Waals surface area contributed by atoms with Gasteiger partial charge in [-0.05, 0) is 24.3 Å². The van der Waals surface area contributed by atoms with Crippen molar-refractivity contribution in [2.45, 2.75) is 0 Å². The first-order valence-electron chi connectivity index (χ1n) is 10.6. The molecule has 33 heavy (non-hydrogen) atoms. The van der Waals surface area contributed by atoms with Crippen LogP contribution in [0.1, 0.15) is 10.5 Å². The number of aromatic nitrogens is 4. The number of para-hydroxylation sites is 2. The molecular formula is C24H21ClN6O2. The van der Waals surface area contributed by atoms with Gasteiger partial charge in [0.05, 0.1) is 30.1 Å². The second kappa shape index (κ2) is 8.91. The average Bonchev–Trinajstić information content (AvgIpc) is 3.36. The topological polar surface area (TPSA) is 76.3 Å². The summed E-state index contributed by atoms with van der Waals surface area (Å²) in [5.74, 6) is -0.0836. The summed E-state index contributed by atoms with van der Waals surface area (Å²) in [5, 5.41) is 4.43. The molecule has 0 spiro atoms. The number of nitrogens with zero attached hydrogens (tertiary/aromatic N) is 6. The van der Waals surface area contributed by atoms with Crippen molar-refractivity contribution in [1.82, 2.24) is 24.2 Å². The van der Waals surface area contributed by atoms with Gasteiger partial charge in [0.15, 0.2) is 0 Å². The first-order valence-corrected chi connectivity index (χ1v) is 11.0. The molecule has 0 bridgehead atoms. The number of piperazine rings is 1. The molecule has 0 atom stereocenters. The molecule has 5 rings (SSSR count). The van der Waals surface area contributed by atoms with Crippen molar-refractivity contribution in [2.75, 3.05) is 31.1 Å². The van der Waals surface area contributed by atoms with Gasteiger partial charge in [-0.1, -0.05) is 48.0 Å². The van der Waals surface area contributed by atoms with Gasteiger partial charge in [0, 0.05) is 31.9 Å². The minimum Gasteiger partial charge on any atom is -0.365 e. The lowest BCUT2D eigenvalue weighted by Crippen LogP contribution is -2.49. The Hall–Kier alpha value is -3.91. The predicted octanol–water partition coefficient (Wildman–Crippen LogP) is 3.03. The summed E-state index contributed by atoms with van der Waals surface area (Å²) in [7, 11) is 0. The first kappa shape index (κ1) is 21.0. The first-order chi connectivity index (χ1) is 16.1. The SMILES string of the molecule is O=C(c1cncn1-c1ccccc1)N1CCN(c2cnn(-c3ccccc3)c(=O)c2Cl)CC1. The lowest BCUT2D eigenvalue weighted by molar-refractivity contribution is 0.0738. The van der Waals surface area contributed by atoms with Gasteiger partial charge in [-0.25, -0.2) is 4.98 Å². The standard InChI is InChI=1S/C24H21ClN6O2/c25-22-20(16-27-31(24(22)33)19-9-5-2-6-10-19)28-11-13-29(14-12-28)23(32)21-15-26-17-30(21)18-7-3-1-4-8-18/h1-10,15-17H,11-14H2. The van der Waals surface area contributed by atoms with Crippen LogP contribution in [-0.4, -0.2) is 56.3 Å². The zero-order valence-electron chi connectivity index (χ0n) is 17.7. The van der Waals surface area contributed by atoms with Gasteiger partial charge in [-0.2, -0.15) is 9.78 Å². The van der Waals surface area contributed by atoms with Crippen LogP contribution in [-0.2, 0) is 0 Å². The second-order valence-electron chi connectivity index (χ2n) is 7.66. The van der Waals surface area contributed by atoms with E-state index >= 15 is 0 Å². The fourth-order valence-corrected chi connectivity index (χ4v) is 4.21. The van der Waals surface area contributed by atoms with E-state index in [0.29, 0.717) is 43.2 Å². The number of benzene rings is 2. The zero-order chi connectivity index (χ0) is 22.8. The van der Waals surface area contributed by atoms with E-state index in [1.807, 2.05) is 53.4 Å². The van der Waals surface area contributed by atoms with Gasteiger partial charge in [-0.15, -0.1) is 0 Å². The molecular weight excluding hydrogens is 440 g/mol. The number of carbonyl (C=O) groups excluding carboxylic acids is 1. The number of amides is 1. The Bertz CT molecular complexity index is 1330. The van der Waals surface area contributed by atoms with Crippen molar-refractivity contribution in [3.05, 3.63) is 100 Å². The van der Waals surface area contributed by atoms with Crippen LogP contribution in [0.2, 0.25) is 5.02 Å². The molecule has 8 nitrogen and oxygen atoms in total. The van der Waals surface area contributed by atoms with Crippen molar-refractivity contribution in [3.63, 3.8) is 0 Å². The minimum atomic E-state index is -0.370. The minimum absolute atomic E-state index is 0.0836. The molecule has 4 aromatic rings. The largest absolute Gasteiger partial charge is 0.365 e. The molecule has 1 fully saturated rings. The van der Waals surface area contributed by atoms with E-state index in [1.165, 1.54) is 4.68 Å². The maximum Gasteiger partial charge on any atom is 0.292 e. The molecule has 0 radical (unpaired) electrons. The van der Waals surface area contributed by atoms with Crippen LogP contribution >= 0.6 is 11.6 Å². The number of carbonyl (C=O) groups is 1. The summed E-state index contributed by atoms with van der Waals surface area (Å²) in [6, 6.07) is 18.8. The smallest absolute Gasteiger partial charge is 0.292 e. The maximum atomic E-state index is 13.2. The highest BCUT2D eigenvalue weighted by atomic mass is 35.5. The van der Waals surface area contributed by atoms with Crippen LogP contribution in [0.3, 0.4) is 0 Å². The third kappa shape index (κ3) is 4.01. The van der Waals surface area contributed by atoms with Crippen molar-refractivity contribution in [3.8, 4) is 11.4 Å². The Balaban J connectivity index is 1.31. The third-order valence-corrected chi connectivity index (χ3v) is 6.06. The summed E-state index contributed by atoms with van der Waals surface area (Å²) < 4.78 is 3.08. The van der Waals surface area contributed by atoms with Crippen LogP contribution in [0.5, 0.6) is 0 Å². The van der Waals surface area contributed by atoms with Crippen molar-refractivity contribution in [1.29, 1.82) is 0 Å². The van der Waals surface area contributed by atoms with Crippen LogP contribution in [0.4, 0.5) is 5.69 Å². The Morgan fingerprint density at radius 2 is 1.48 bits per heavy atom. The predicted molar refractivity (Wildman–Crippen MR) is 127 cm³/mol. The second-order valence-corrected chi connectivity index (χ2v) is 8.04. The monoisotopic (exact) mass is 460 g/mol. The molecule has 0 saturated carbocycles. The molecule has 166 valence electrons. The van der Waals surface area contributed by atoms with E-state index in [1.54, 1.807) is 40.3 Å². The van der Waals surface area contributed by atoms with Gasteiger partial charge >= 0.3 is 0 Å². The number of hydrogen-bond acceptors (Lipinski definition) is 5. The van der Waals surface area contributed by atoms with E-state index < -0.39 is 0 Å². The summed E-state index contributed by atoms with van der Waals surface area (Å²) in [6.45, 7) is 2.08.